The lowest BCUT2D eigenvalue weighted by Gasteiger charge is -2.36. The Kier molecular flexibility index (Phi) is 8.14. The second-order valence-electron chi connectivity index (χ2n) is 9.39. The van der Waals surface area contributed by atoms with Gasteiger partial charge in [-0.15, -0.1) is 0 Å². The number of methoxy groups -OCH3 is 1. The van der Waals surface area contributed by atoms with Crippen LogP contribution in [0.4, 0.5) is 0 Å². The maximum absolute atomic E-state index is 13.4. The predicted octanol–water partition coefficient (Wildman–Crippen LogP) is 4.70. The fraction of sp³-hybridized carbons (Fsp3) is 0.345. The maximum atomic E-state index is 13.4. The average molecular weight is 534 g/mol. The molecule has 1 aliphatic carbocycles. The normalized spacial score (nSPS) is 18.5. The van der Waals surface area contributed by atoms with Crippen LogP contribution in [-0.2, 0) is 25.7 Å². The van der Waals surface area contributed by atoms with Crippen LogP contribution < -0.4 is 10.1 Å². The Morgan fingerprint density at radius 1 is 1.11 bits per heavy atom. The van der Waals surface area contributed by atoms with E-state index in [0.29, 0.717) is 30.2 Å². The van der Waals surface area contributed by atoms with Crippen molar-refractivity contribution < 1.29 is 23.8 Å². The minimum atomic E-state index is -0.521. The van der Waals surface area contributed by atoms with Crippen LogP contribution >= 0.6 is 11.8 Å². The molecule has 8 nitrogen and oxygen atoms in total. The average Bonchev–Trinajstić information content (AvgIpc) is 3.65. The number of nitrogens with zero attached hydrogens (tertiary/aromatic N) is 2. The number of ether oxygens (including phenoxy) is 3. The van der Waals surface area contributed by atoms with Crippen LogP contribution in [0.3, 0.4) is 0 Å². The Labute approximate surface area is 226 Å². The summed E-state index contributed by atoms with van der Waals surface area (Å²) in [5.74, 6) is 0.195. The third kappa shape index (κ3) is 6.11. The first kappa shape index (κ1) is 26.1. The third-order valence-electron chi connectivity index (χ3n) is 6.45. The van der Waals surface area contributed by atoms with Gasteiger partial charge in [0, 0.05) is 18.8 Å². The largest absolute Gasteiger partial charge is 0.489 e. The lowest BCUT2D eigenvalue weighted by molar-refractivity contribution is -0.141. The molecule has 2 heterocycles. The monoisotopic (exact) mass is 533 g/mol. The first-order valence-electron chi connectivity index (χ1n) is 12.7. The zero-order valence-electron chi connectivity index (χ0n) is 21.5. The van der Waals surface area contributed by atoms with Gasteiger partial charge in [0.25, 0.3) is 0 Å². The molecule has 0 radical (unpaired) electrons. The van der Waals surface area contributed by atoms with Crippen LogP contribution in [0.2, 0.25) is 0 Å². The van der Waals surface area contributed by atoms with Crippen molar-refractivity contribution in [1.82, 2.24) is 10.2 Å². The molecule has 3 aliphatic rings. The number of carbonyl (C=O) groups is 2. The number of amides is 1. The first-order valence-corrected chi connectivity index (χ1v) is 13.6. The Morgan fingerprint density at radius 2 is 1.92 bits per heavy atom. The molecule has 2 aromatic rings. The minimum Gasteiger partial charge on any atom is -0.489 e. The van der Waals surface area contributed by atoms with E-state index in [9.17, 15) is 9.59 Å². The summed E-state index contributed by atoms with van der Waals surface area (Å²) in [5.41, 5.74) is 3.72. The van der Waals surface area contributed by atoms with E-state index in [1.54, 1.807) is 7.11 Å². The second-order valence-corrected chi connectivity index (χ2v) is 10.2. The quantitative estimate of drug-likeness (QED) is 0.331. The zero-order chi connectivity index (χ0) is 26.5. The van der Waals surface area contributed by atoms with E-state index in [1.807, 2.05) is 71.8 Å². The number of rotatable bonds is 11. The van der Waals surface area contributed by atoms with Crippen molar-refractivity contribution in [3.8, 4) is 5.75 Å². The van der Waals surface area contributed by atoms with E-state index < -0.39 is 12.0 Å². The summed E-state index contributed by atoms with van der Waals surface area (Å²) in [6, 6.07) is 17.4. The standard InChI is InChI=1S/C29H31N3O5S/c1-19-26(28(34)36-14-13-35-2)27(21-9-6-10-24(15-21)37-17-20-7-4-3-5-8-20)32-23(18-38-29(32)30-19)16-25(33)31-22-11-12-22/h3-10,15,18,22,27H,11-14,16-17H2,1-2H3,(H,31,33)/t27-/m0/s1. The highest BCUT2D eigenvalue weighted by atomic mass is 32.2. The van der Waals surface area contributed by atoms with E-state index in [-0.39, 0.29) is 25.0 Å². The van der Waals surface area contributed by atoms with E-state index in [4.69, 9.17) is 19.2 Å². The molecule has 1 saturated carbocycles. The summed E-state index contributed by atoms with van der Waals surface area (Å²) in [6.45, 7) is 2.68. The van der Waals surface area contributed by atoms with Gasteiger partial charge in [-0.3, -0.25) is 4.79 Å². The van der Waals surface area contributed by atoms with Crippen LogP contribution in [0.1, 0.15) is 43.4 Å². The van der Waals surface area contributed by atoms with Gasteiger partial charge in [-0.25, -0.2) is 9.79 Å². The third-order valence-corrected chi connectivity index (χ3v) is 7.34. The second kappa shape index (κ2) is 11.9. The Balaban J connectivity index is 1.45. The number of esters is 1. The van der Waals surface area contributed by atoms with Gasteiger partial charge < -0.3 is 24.4 Å². The van der Waals surface area contributed by atoms with Crippen LogP contribution in [0.15, 0.2) is 82.0 Å². The highest BCUT2D eigenvalue weighted by Crippen LogP contribution is 2.45. The molecule has 5 rings (SSSR count). The molecule has 0 unspecified atom stereocenters. The highest BCUT2D eigenvalue weighted by Gasteiger charge is 2.41. The van der Waals surface area contributed by atoms with Crippen LogP contribution in [0, 0.1) is 0 Å². The Bertz CT molecular complexity index is 1290. The molecule has 1 amide bonds. The number of amidine groups is 1. The summed E-state index contributed by atoms with van der Waals surface area (Å²) in [6.07, 6.45) is 2.25. The zero-order valence-corrected chi connectivity index (χ0v) is 22.3. The molecular formula is C29H31N3O5S. The van der Waals surface area contributed by atoms with Gasteiger partial charge in [0.2, 0.25) is 5.91 Å². The van der Waals surface area contributed by atoms with Gasteiger partial charge in [0.1, 0.15) is 19.0 Å². The van der Waals surface area contributed by atoms with E-state index in [0.717, 1.165) is 34.8 Å². The molecule has 2 aliphatic heterocycles. The molecule has 9 heteroatoms. The molecule has 1 fully saturated rings. The van der Waals surface area contributed by atoms with E-state index in [2.05, 4.69) is 5.32 Å². The SMILES string of the molecule is COCCOC(=O)C1=C(C)N=C2SC=C(CC(=O)NC3CC3)N2[C@H]1c1cccc(OCc2ccccc2)c1. The molecular weight excluding hydrogens is 502 g/mol. The lowest BCUT2D eigenvalue weighted by atomic mass is 9.93. The molecule has 198 valence electrons. The van der Waals surface area contributed by atoms with Gasteiger partial charge >= 0.3 is 5.97 Å². The lowest BCUT2D eigenvalue weighted by Crippen LogP contribution is -2.38. The molecule has 2 aromatic carbocycles. The maximum Gasteiger partial charge on any atom is 0.338 e. The number of nitrogens with one attached hydrogen (secondary N) is 1. The molecule has 0 spiro atoms. The van der Waals surface area contributed by atoms with Crippen LogP contribution in [0.5, 0.6) is 5.75 Å². The molecule has 38 heavy (non-hydrogen) atoms. The van der Waals surface area contributed by atoms with E-state index in [1.165, 1.54) is 11.8 Å². The van der Waals surface area contributed by atoms with Gasteiger partial charge in [-0.1, -0.05) is 54.2 Å². The fourth-order valence-electron chi connectivity index (χ4n) is 4.43. The Morgan fingerprint density at radius 3 is 2.68 bits per heavy atom. The molecule has 0 aromatic heterocycles. The van der Waals surface area contributed by atoms with Crippen molar-refractivity contribution in [2.75, 3.05) is 20.3 Å². The Hall–Kier alpha value is -3.56. The van der Waals surface area contributed by atoms with Crippen molar-refractivity contribution in [1.29, 1.82) is 0 Å². The van der Waals surface area contributed by atoms with Gasteiger partial charge in [-0.2, -0.15) is 0 Å². The van der Waals surface area contributed by atoms with Crippen molar-refractivity contribution in [2.24, 2.45) is 4.99 Å². The molecule has 1 N–H and O–H groups in total. The van der Waals surface area contributed by atoms with Crippen LogP contribution in [0.25, 0.3) is 0 Å². The van der Waals surface area contributed by atoms with Gasteiger partial charge in [0.15, 0.2) is 5.17 Å². The summed E-state index contributed by atoms with van der Waals surface area (Å²) in [4.78, 5) is 32.8. The number of hydrogen-bond donors (Lipinski definition) is 1. The molecule has 1 atom stereocenters. The number of fused-ring (bicyclic) bond motifs is 1. The van der Waals surface area contributed by atoms with Crippen molar-refractivity contribution in [3.63, 3.8) is 0 Å². The van der Waals surface area contributed by atoms with Crippen molar-refractivity contribution in [2.45, 2.75) is 44.9 Å². The van der Waals surface area contributed by atoms with Crippen molar-refractivity contribution in [3.05, 3.63) is 88.1 Å². The summed E-state index contributed by atoms with van der Waals surface area (Å²) in [7, 11) is 1.56. The van der Waals surface area contributed by atoms with Gasteiger partial charge in [0.05, 0.1) is 30.3 Å². The minimum absolute atomic E-state index is 0.0326. The molecule has 0 bridgehead atoms. The number of benzene rings is 2. The van der Waals surface area contributed by atoms with Crippen LogP contribution in [-0.4, -0.2) is 48.3 Å². The summed E-state index contributed by atoms with van der Waals surface area (Å²) in [5, 5.41) is 5.73. The van der Waals surface area contributed by atoms with E-state index >= 15 is 0 Å². The predicted molar refractivity (Wildman–Crippen MR) is 146 cm³/mol. The number of aliphatic imine (C=N–C) groups is 1. The van der Waals surface area contributed by atoms with Crippen molar-refractivity contribution >= 4 is 28.8 Å². The summed E-state index contributed by atoms with van der Waals surface area (Å²) >= 11 is 1.46. The summed E-state index contributed by atoms with van der Waals surface area (Å²) < 4.78 is 16.7. The number of carbonyl (C=O) groups excluding carboxylic acids is 2. The number of thioether (sulfide) groups is 1. The topological polar surface area (TPSA) is 89.5 Å². The number of allylic oxidation sites excluding steroid dienone is 1. The molecule has 0 saturated heterocycles. The smallest absolute Gasteiger partial charge is 0.338 e. The number of hydrogen-bond acceptors (Lipinski definition) is 8. The highest BCUT2D eigenvalue weighted by molar-refractivity contribution is 8.16. The first-order chi connectivity index (χ1) is 18.5. The fourth-order valence-corrected chi connectivity index (χ4v) is 5.39. The van der Waals surface area contributed by atoms with Gasteiger partial charge in [-0.05, 0) is 48.4 Å².